The van der Waals surface area contributed by atoms with Crippen molar-refractivity contribution in [2.24, 2.45) is 0 Å². The SMILES string of the molecule is CC(C)=C(C)CC(=O)Nc1ccc(C)c(N2CCCS2(=O)=O)c1. The second kappa shape index (κ2) is 6.74. The highest BCUT2D eigenvalue weighted by molar-refractivity contribution is 7.93. The van der Waals surface area contributed by atoms with Gasteiger partial charge < -0.3 is 5.32 Å². The first-order chi connectivity index (χ1) is 10.7. The maximum atomic E-state index is 12.1. The number of aryl methyl sites for hydroxylation is 1. The number of rotatable bonds is 4. The lowest BCUT2D eigenvalue weighted by Gasteiger charge is -2.20. The van der Waals surface area contributed by atoms with E-state index in [2.05, 4.69) is 5.32 Å². The van der Waals surface area contributed by atoms with Crippen LogP contribution in [0.5, 0.6) is 0 Å². The largest absolute Gasteiger partial charge is 0.326 e. The van der Waals surface area contributed by atoms with Gasteiger partial charge in [-0.05, 0) is 51.8 Å². The van der Waals surface area contributed by atoms with Gasteiger partial charge in [0.15, 0.2) is 0 Å². The van der Waals surface area contributed by atoms with E-state index in [4.69, 9.17) is 0 Å². The molecule has 1 N–H and O–H groups in total. The van der Waals surface area contributed by atoms with E-state index >= 15 is 0 Å². The first kappa shape index (κ1) is 17.5. The van der Waals surface area contributed by atoms with Crippen LogP contribution in [0, 0.1) is 6.92 Å². The lowest BCUT2D eigenvalue weighted by molar-refractivity contribution is -0.115. The number of nitrogens with one attached hydrogen (secondary N) is 1. The van der Waals surface area contributed by atoms with Crippen molar-refractivity contribution in [1.82, 2.24) is 0 Å². The summed E-state index contributed by atoms with van der Waals surface area (Å²) in [6.07, 6.45) is 0.978. The number of hydrogen-bond acceptors (Lipinski definition) is 3. The summed E-state index contributed by atoms with van der Waals surface area (Å²) in [5.41, 5.74) is 4.33. The van der Waals surface area contributed by atoms with Crippen LogP contribution >= 0.6 is 0 Å². The molecule has 1 aliphatic rings. The van der Waals surface area contributed by atoms with E-state index in [0.717, 1.165) is 16.7 Å². The molecule has 23 heavy (non-hydrogen) atoms. The third-order valence-electron chi connectivity index (χ3n) is 4.14. The van der Waals surface area contributed by atoms with E-state index in [0.29, 0.717) is 30.8 Å². The zero-order valence-electron chi connectivity index (χ0n) is 14.1. The van der Waals surface area contributed by atoms with Gasteiger partial charge >= 0.3 is 0 Å². The highest BCUT2D eigenvalue weighted by Crippen LogP contribution is 2.30. The van der Waals surface area contributed by atoms with E-state index in [1.54, 1.807) is 12.1 Å². The minimum Gasteiger partial charge on any atom is -0.326 e. The molecular formula is C17H24N2O3S. The van der Waals surface area contributed by atoms with E-state index in [9.17, 15) is 13.2 Å². The smallest absolute Gasteiger partial charge is 0.235 e. The maximum Gasteiger partial charge on any atom is 0.235 e. The Kier molecular flexibility index (Phi) is 5.14. The summed E-state index contributed by atoms with van der Waals surface area (Å²) in [7, 11) is -3.22. The molecule has 0 unspecified atom stereocenters. The van der Waals surface area contributed by atoms with Gasteiger partial charge in [0.2, 0.25) is 15.9 Å². The Labute approximate surface area is 138 Å². The molecule has 0 aromatic heterocycles. The molecule has 6 heteroatoms. The van der Waals surface area contributed by atoms with E-state index < -0.39 is 10.0 Å². The first-order valence-electron chi connectivity index (χ1n) is 7.74. The summed E-state index contributed by atoms with van der Waals surface area (Å²) in [6, 6.07) is 5.39. The first-order valence-corrected chi connectivity index (χ1v) is 9.35. The fraction of sp³-hybridized carbons (Fsp3) is 0.471. The number of sulfonamides is 1. The molecule has 1 saturated heterocycles. The number of allylic oxidation sites excluding steroid dienone is 1. The number of amides is 1. The fourth-order valence-electron chi connectivity index (χ4n) is 2.49. The number of anilines is 2. The Bertz CT molecular complexity index is 747. The Morgan fingerprint density at radius 3 is 2.52 bits per heavy atom. The van der Waals surface area contributed by atoms with Crippen LogP contribution in [0.1, 0.15) is 39.2 Å². The third kappa shape index (κ3) is 4.13. The fourth-order valence-corrected chi connectivity index (χ4v) is 4.11. The Morgan fingerprint density at radius 2 is 1.96 bits per heavy atom. The average molecular weight is 336 g/mol. The summed E-state index contributed by atoms with van der Waals surface area (Å²) >= 11 is 0. The van der Waals surface area contributed by atoms with Gasteiger partial charge in [0.05, 0.1) is 11.4 Å². The lowest BCUT2D eigenvalue weighted by Crippen LogP contribution is -2.26. The van der Waals surface area contributed by atoms with Gasteiger partial charge in [0, 0.05) is 18.7 Å². The van der Waals surface area contributed by atoms with Gasteiger partial charge in [0.25, 0.3) is 0 Å². The number of nitrogens with zero attached hydrogens (tertiary/aromatic N) is 1. The van der Waals surface area contributed by atoms with Gasteiger partial charge in [-0.1, -0.05) is 17.2 Å². The predicted octanol–water partition coefficient (Wildman–Crippen LogP) is 3.22. The molecule has 5 nitrogen and oxygen atoms in total. The monoisotopic (exact) mass is 336 g/mol. The van der Waals surface area contributed by atoms with Crippen molar-refractivity contribution >= 4 is 27.3 Å². The van der Waals surface area contributed by atoms with E-state index in [1.807, 2.05) is 33.8 Å². The Morgan fingerprint density at radius 1 is 1.26 bits per heavy atom. The van der Waals surface area contributed by atoms with Crippen molar-refractivity contribution in [3.05, 3.63) is 34.9 Å². The number of benzene rings is 1. The molecule has 0 spiro atoms. The second-order valence-corrected chi connectivity index (χ2v) is 8.26. The van der Waals surface area contributed by atoms with Crippen molar-refractivity contribution in [3.63, 3.8) is 0 Å². The van der Waals surface area contributed by atoms with Crippen LogP contribution in [0.3, 0.4) is 0 Å². The molecule has 1 aromatic rings. The molecule has 0 saturated carbocycles. The van der Waals surface area contributed by atoms with Crippen LogP contribution in [-0.2, 0) is 14.8 Å². The zero-order chi connectivity index (χ0) is 17.2. The van der Waals surface area contributed by atoms with Gasteiger partial charge in [-0.15, -0.1) is 0 Å². The predicted molar refractivity (Wildman–Crippen MR) is 94.2 cm³/mol. The number of carbonyl (C=O) groups excluding carboxylic acids is 1. The molecule has 0 radical (unpaired) electrons. The van der Waals surface area contributed by atoms with Crippen molar-refractivity contribution in [2.75, 3.05) is 21.9 Å². The third-order valence-corrected chi connectivity index (χ3v) is 6.00. The number of hydrogen-bond donors (Lipinski definition) is 1. The summed E-state index contributed by atoms with van der Waals surface area (Å²) in [5.74, 6) is 0.0887. The molecule has 0 atom stereocenters. The van der Waals surface area contributed by atoms with Crippen LogP contribution in [0.4, 0.5) is 11.4 Å². The van der Waals surface area contributed by atoms with Crippen LogP contribution < -0.4 is 9.62 Å². The van der Waals surface area contributed by atoms with Crippen molar-refractivity contribution < 1.29 is 13.2 Å². The maximum absolute atomic E-state index is 12.1. The van der Waals surface area contributed by atoms with Gasteiger partial charge in [-0.2, -0.15) is 0 Å². The quantitative estimate of drug-likeness (QED) is 0.859. The Balaban J connectivity index is 2.21. The van der Waals surface area contributed by atoms with Crippen molar-refractivity contribution in [3.8, 4) is 0 Å². The summed E-state index contributed by atoms with van der Waals surface area (Å²) in [4.78, 5) is 12.1. The molecule has 2 rings (SSSR count). The average Bonchev–Trinajstić information content (AvgIpc) is 2.80. The standard InChI is InChI=1S/C17H24N2O3S/c1-12(2)14(4)10-17(20)18-15-7-6-13(3)16(11-15)19-8-5-9-23(19,21)22/h6-7,11H,5,8-10H2,1-4H3,(H,18,20). The van der Waals surface area contributed by atoms with Crippen molar-refractivity contribution in [1.29, 1.82) is 0 Å². The highest BCUT2D eigenvalue weighted by atomic mass is 32.2. The molecule has 0 aliphatic carbocycles. The van der Waals surface area contributed by atoms with Crippen molar-refractivity contribution in [2.45, 2.75) is 40.5 Å². The molecule has 1 heterocycles. The molecule has 1 aromatic carbocycles. The van der Waals surface area contributed by atoms with Crippen LogP contribution in [0.25, 0.3) is 0 Å². The van der Waals surface area contributed by atoms with Gasteiger partial charge in [-0.3, -0.25) is 9.10 Å². The van der Waals surface area contributed by atoms with Crippen LogP contribution in [0.15, 0.2) is 29.3 Å². The molecular weight excluding hydrogens is 312 g/mol. The highest BCUT2D eigenvalue weighted by Gasteiger charge is 2.29. The molecule has 126 valence electrons. The summed E-state index contributed by atoms with van der Waals surface area (Å²) < 4.78 is 25.6. The summed E-state index contributed by atoms with van der Waals surface area (Å²) in [6.45, 7) is 8.27. The van der Waals surface area contributed by atoms with Gasteiger partial charge in [0.1, 0.15) is 0 Å². The Hall–Kier alpha value is -1.82. The van der Waals surface area contributed by atoms with Crippen LogP contribution in [0.2, 0.25) is 0 Å². The molecule has 1 aliphatic heterocycles. The minimum atomic E-state index is -3.22. The topological polar surface area (TPSA) is 66.5 Å². The lowest BCUT2D eigenvalue weighted by atomic mass is 10.1. The van der Waals surface area contributed by atoms with E-state index in [-0.39, 0.29) is 11.7 Å². The molecule has 0 bridgehead atoms. The number of carbonyl (C=O) groups is 1. The minimum absolute atomic E-state index is 0.0946. The normalized spacial score (nSPS) is 16.3. The second-order valence-electron chi connectivity index (χ2n) is 6.25. The van der Waals surface area contributed by atoms with Crippen LogP contribution in [-0.4, -0.2) is 26.6 Å². The molecule has 1 fully saturated rings. The zero-order valence-corrected chi connectivity index (χ0v) is 15.0. The molecule has 1 amide bonds. The van der Waals surface area contributed by atoms with Gasteiger partial charge in [-0.25, -0.2) is 8.42 Å². The summed E-state index contributed by atoms with van der Waals surface area (Å²) in [5, 5.41) is 2.85. The van der Waals surface area contributed by atoms with E-state index in [1.165, 1.54) is 4.31 Å².